The molecule has 1 N–H and O–H groups in total. The van der Waals surface area contributed by atoms with Gasteiger partial charge in [-0.3, -0.25) is 9.59 Å². The van der Waals surface area contributed by atoms with Crippen LogP contribution >= 0.6 is 0 Å². The molecule has 1 fully saturated rings. The van der Waals surface area contributed by atoms with E-state index in [0.717, 1.165) is 50.2 Å². The van der Waals surface area contributed by atoms with Gasteiger partial charge in [-0.05, 0) is 69.2 Å². The maximum atomic E-state index is 13.3. The van der Waals surface area contributed by atoms with Crippen molar-refractivity contribution in [1.29, 1.82) is 0 Å². The van der Waals surface area contributed by atoms with Crippen LogP contribution in [0.2, 0.25) is 0 Å². The first-order valence-corrected chi connectivity index (χ1v) is 13.4. The minimum Gasteiger partial charge on any atom is -0.507 e. The summed E-state index contributed by atoms with van der Waals surface area (Å²) >= 11 is 0. The molecule has 7 heteroatoms. The van der Waals surface area contributed by atoms with Gasteiger partial charge in [-0.25, -0.2) is 0 Å². The smallest absolute Gasteiger partial charge is 0.295 e. The molecule has 0 aliphatic carbocycles. The highest BCUT2D eigenvalue weighted by atomic mass is 16.5. The van der Waals surface area contributed by atoms with Crippen molar-refractivity contribution in [2.75, 3.05) is 39.4 Å². The van der Waals surface area contributed by atoms with Crippen LogP contribution in [0.3, 0.4) is 0 Å². The number of amides is 1. The molecule has 0 spiro atoms. The van der Waals surface area contributed by atoms with Gasteiger partial charge in [-0.15, -0.1) is 0 Å². The molecule has 2 aromatic carbocycles. The van der Waals surface area contributed by atoms with Crippen molar-refractivity contribution in [3.63, 3.8) is 0 Å². The van der Waals surface area contributed by atoms with E-state index in [9.17, 15) is 14.7 Å². The van der Waals surface area contributed by atoms with Gasteiger partial charge in [0.05, 0.1) is 24.8 Å². The van der Waals surface area contributed by atoms with Crippen LogP contribution in [-0.2, 0) is 9.59 Å². The quantitative estimate of drug-likeness (QED) is 0.159. The second-order valence-electron chi connectivity index (χ2n) is 9.10. The Balaban J connectivity index is 1.99. The van der Waals surface area contributed by atoms with Gasteiger partial charge < -0.3 is 24.4 Å². The van der Waals surface area contributed by atoms with Crippen molar-refractivity contribution in [1.82, 2.24) is 9.80 Å². The fraction of sp³-hybridized carbons (Fsp3) is 0.467. The zero-order chi connectivity index (χ0) is 26.8. The van der Waals surface area contributed by atoms with Gasteiger partial charge in [0.1, 0.15) is 17.3 Å². The van der Waals surface area contributed by atoms with Crippen molar-refractivity contribution < 1.29 is 24.2 Å². The van der Waals surface area contributed by atoms with Gasteiger partial charge >= 0.3 is 0 Å². The number of carbonyl (C=O) groups excluding carboxylic acids is 2. The molecule has 7 nitrogen and oxygen atoms in total. The number of aliphatic hydroxyl groups is 1. The maximum Gasteiger partial charge on any atom is 0.295 e. The Labute approximate surface area is 220 Å². The molecule has 0 saturated carbocycles. The summed E-state index contributed by atoms with van der Waals surface area (Å²) in [7, 11) is 0. The maximum absolute atomic E-state index is 13.3. The third-order valence-corrected chi connectivity index (χ3v) is 6.69. The molecule has 37 heavy (non-hydrogen) atoms. The molecule has 3 rings (SSSR count). The van der Waals surface area contributed by atoms with Crippen LogP contribution in [-0.4, -0.2) is 66.0 Å². The van der Waals surface area contributed by atoms with Crippen molar-refractivity contribution in [2.45, 2.75) is 53.0 Å². The van der Waals surface area contributed by atoms with E-state index in [0.29, 0.717) is 31.1 Å². The SMILES string of the molecule is CCCCOc1ccc(C2/C(=C(\O)c3cccc(OCC)c3)C(=O)C(=O)N2CCCN(CC)CC)cc1. The van der Waals surface area contributed by atoms with Crippen molar-refractivity contribution in [3.05, 3.63) is 65.2 Å². The van der Waals surface area contributed by atoms with Crippen LogP contribution < -0.4 is 9.47 Å². The van der Waals surface area contributed by atoms with Crippen LogP contribution in [0.25, 0.3) is 5.76 Å². The predicted molar refractivity (Wildman–Crippen MR) is 146 cm³/mol. The highest BCUT2D eigenvalue weighted by Gasteiger charge is 2.45. The van der Waals surface area contributed by atoms with Gasteiger partial charge in [0, 0.05) is 12.1 Å². The molecule has 0 bridgehead atoms. The molecule has 1 atom stereocenters. The Morgan fingerprint density at radius 2 is 1.68 bits per heavy atom. The highest BCUT2D eigenvalue weighted by Crippen LogP contribution is 2.40. The first-order valence-electron chi connectivity index (χ1n) is 13.4. The van der Waals surface area contributed by atoms with Crippen LogP contribution in [0.5, 0.6) is 11.5 Å². The molecule has 2 aromatic rings. The van der Waals surface area contributed by atoms with E-state index >= 15 is 0 Å². The summed E-state index contributed by atoms with van der Waals surface area (Å²) in [5.41, 5.74) is 1.30. The zero-order valence-corrected chi connectivity index (χ0v) is 22.5. The van der Waals surface area contributed by atoms with Gasteiger partial charge in [0.2, 0.25) is 0 Å². The lowest BCUT2D eigenvalue weighted by molar-refractivity contribution is -0.140. The van der Waals surface area contributed by atoms with Crippen LogP contribution in [0.4, 0.5) is 0 Å². The fourth-order valence-corrected chi connectivity index (χ4v) is 4.60. The van der Waals surface area contributed by atoms with Crippen LogP contribution in [0.15, 0.2) is 54.1 Å². The molecule has 0 aromatic heterocycles. The standard InChI is InChI=1S/C30H40N2O5/c1-5-9-20-37-24-16-14-22(15-17-24)27-26(28(33)23-12-10-13-25(21-23)36-8-4)29(34)30(35)32(27)19-11-18-31(6-2)7-3/h10,12-17,21,27,33H,5-9,11,18-20H2,1-4H3/b28-26+. The largest absolute Gasteiger partial charge is 0.507 e. The molecule has 1 aliphatic rings. The molecule has 0 radical (unpaired) electrons. The number of hydrogen-bond acceptors (Lipinski definition) is 6. The number of carbonyl (C=O) groups is 2. The molecule has 1 unspecified atom stereocenters. The third-order valence-electron chi connectivity index (χ3n) is 6.69. The van der Waals surface area contributed by atoms with E-state index < -0.39 is 17.7 Å². The average Bonchev–Trinajstić information content (AvgIpc) is 3.16. The minimum atomic E-state index is -0.683. The van der Waals surface area contributed by atoms with Crippen LogP contribution in [0.1, 0.15) is 64.1 Å². The van der Waals surface area contributed by atoms with Crippen molar-refractivity contribution in [3.8, 4) is 11.5 Å². The number of rotatable bonds is 14. The molecular weight excluding hydrogens is 468 g/mol. The van der Waals surface area contributed by atoms with E-state index in [1.807, 2.05) is 31.2 Å². The Morgan fingerprint density at radius 3 is 2.32 bits per heavy atom. The fourth-order valence-electron chi connectivity index (χ4n) is 4.60. The lowest BCUT2D eigenvalue weighted by Crippen LogP contribution is -2.33. The van der Waals surface area contributed by atoms with Crippen molar-refractivity contribution >= 4 is 17.4 Å². The van der Waals surface area contributed by atoms with Gasteiger partial charge in [-0.2, -0.15) is 0 Å². The number of benzene rings is 2. The first kappa shape index (κ1) is 28.3. The normalized spacial score (nSPS) is 17.0. The van der Waals surface area contributed by atoms with Gasteiger partial charge in [0.25, 0.3) is 11.7 Å². The van der Waals surface area contributed by atoms with E-state index in [2.05, 4.69) is 25.7 Å². The Hall–Kier alpha value is -3.32. The Morgan fingerprint density at radius 1 is 0.946 bits per heavy atom. The summed E-state index contributed by atoms with van der Waals surface area (Å²) in [6.45, 7) is 12.4. The predicted octanol–water partition coefficient (Wildman–Crippen LogP) is 5.42. The number of unbranched alkanes of at least 4 members (excludes halogenated alkanes) is 1. The lowest BCUT2D eigenvalue weighted by Gasteiger charge is -2.27. The number of likely N-dealkylation sites (tertiary alicyclic amines) is 1. The van der Waals surface area contributed by atoms with Crippen molar-refractivity contribution in [2.24, 2.45) is 0 Å². The van der Waals surface area contributed by atoms with E-state index in [1.54, 1.807) is 29.2 Å². The zero-order valence-electron chi connectivity index (χ0n) is 22.5. The number of ketones is 1. The van der Waals surface area contributed by atoms with E-state index in [-0.39, 0.29) is 11.3 Å². The lowest BCUT2D eigenvalue weighted by atomic mass is 9.95. The topological polar surface area (TPSA) is 79.3 Å². The third kappa shape index (κ3) is 6.92. The molecule has 200 valence electrons. The van der Waals surface area contributed by atoms with E-state index in [4.69, 9.17) is 9.47 Å². The number of hydrogen-bond donors (Lipinski definition) is 1. The molecule has 1 aliphatic heterocycles. The molecular formula is C30H40N2O5. The first-order chi connectivity index (χ1) is 17.9. The Bertz CT molecular complexity index is 1080. The van der Waals surface area contributed by atoms with E-state index in [1.165, 1.54) is 0 Å². The molecule has 1 heterocycles. The van der Waals surface area contributed by atoms with Gasteiger partial charge in [-0.1, -0.05) is 51.5 Å². The summed E-state index contributed by atoms with van der Waals surface area (Å²) in [5, 5.41) is 11.3. The summed E-state index contributed by atoms with van der Waals surface area (Å²) < 4.78 is 11.4. The number of nitrogens with zero attached hydrogens (tertiary/aromatic N) is 2. The summed E-state index contributed by atoms with van der Waals surface area (Å²) in [4.78, 5) is 30.4. The van der Waals surface area contributed by atoms with Gasteiger partial charge in [0.15, 0.2) is 0 Å². The number of aliphatic hydroxyl groups excluding tert-OH is 1. The number of Topliss-reactive ketones (excluding diaryl/α,β-unsaturated/α-hetero) is 1. The van der Waals surface area contributed by atoms with Crippen LogP contribution in [0, 0.1) is 0 Å². The average molecular weight is 509 g/mol. The monoisotopic (exact) mass is 508 g/mol. The highest BCUT2D eigenvalue weighted by molar-refractivity contribution is 6.46. The second kappa shape index (κ2) is 13.8. The summed E-state index contributed by atoms with van der Waals surface area (Å²) in [6, 6.07) is 13.7. The molecule has 1 saturated heterocycles. The Kier molecular flexibility index (Phi) is 10.6. The second-order valence-corrected chi connectivity index (χ2v) is 9.10. The number of ether oxygens (including phenoxy) is 2. The summed E-state index contributed by atoms with van der Waals surface area (Å²) in [5.74, 6) is -0.129. The summed E-state index contributed by atoms with van der Waals surface area (Å²) in [6.07, 6.45) is 2.74. The molecule has 1 amide bonds. The minimum absolute atomic E-state index is 0.0983.